The monoisotopic (exact) mass is 280 g/mol. The van der Waals surface area contributed by atoms with Crippen LogP contribution in [0.3, 0.4) is 0 Å². The van der Waals surface area contributed by atoms with Crippen LogP contribution < -0.4 is 4.74 Å². The summed E-state index contributed by atoms with van der Waals surface area (Å²) in [6.45, 7) is 2.18. The fourth-order valence-corrected chi connectivity index (χ4v) is 2.27. The van der Waals surface area contributed by atoms with E-state index in [1.54, 1.807) is 0 Å². The van der Waals surface area contributed by atoms with Crippen molar-refractivity contribution in [3.05, 3.63) is 30.1 Å². The van der Waals surface area contributed by atoms with Gasteiger partial charge in [0.2, 0.25) is 0 Å². The van der Waals surface area contributed by atoms with Gasteiger partial charge in [-0.25, -0.2) is 4.39 Å². The van der Waals surface area contributed by atoms with Gasteiger partial charge in [0.15, 0.2) is 0 Å². The summed E-state index contributed by atoms with van der Waals surface area (Å²) in [6, 6.07) is 5.28. The molecule has 2 rings (SSSR count). The van der Waals surface area contributed by atoms with E-state index < -0.39 is 5.97 Å². The Morgan fingerprint density at radius 2 is 2.10 bits per heavy atom. The Hall–Kier alpha value is -1.91. The molecule has 0 saturated carbocycles. The smallest absolute Gasteiger partial charge is 0.311 e. The van der Waals surface area contributed by atoms with E-state index in [0.29, 0.717) is 18.6 Å². The number of carbonyl (C=O) groups excluding carboxylic acids is 2. The van der Waals surface area contributed by atoms with Crippen molar-refractivity contribution >= 4 is 11.9 Å². The third-order valence-corrected chi connectivity index (χ3v) is 3.41. The predicted molar refractivity (Wildman–Crippen MR) is 69.5 cm³/mol. The second-order valence-electron chi connectivity index (χ2n) is 4.97. The maximum absolute atomic E-state index is 12.7. The lowest BCUT2D eigenvalue weighted by Gasteiger charge is -2.26. The molecule has 0 amide bonds. The lowest BCUT2D eigenvalue weighted by molar-refractivity contribution is -0.158. The summed E-state index contributed by atoms with van der Waals surface area (Å²) in [5.74, 6) is -0.783. The molecule has 108 valence electrons. The number of hydrogen-bond donors (Lipinski definition) is 0. The molecule has 0 aliphatic carbocycles. The zero-order chi connectivity index (χ0) is 14.5. The largest absolute Gasteiger partial charge is 0.465 e. The number of benzene rings is 1. The van der Waals surface area contributed by atoms with Gasteiger partial charge >= 0.3 is 11.9 Å². The van der Waals surface area contributed by atoms with E-state index in [4.69, 9.17) is 9.47 Å². The van der Waals surface area contributed by atoms with Gasteiger partial charge in [-0.1, -0.05) is 6.92 Å². The lowest BCUT2D eigenvalue weighted by Crippen LogP contribution is -2.32. The average Bonchev–Trinajstić information content (AvgIpc) is 2.43. The fourth-order valence-electron chi connectivity index (χ4n) is 2.27. The Labute approximate surface area is 116 Å². The van der Waals surface area contributed by atoms with Gasteiger partial charge < -0.3 is 9.47 Å². The Balaban J connectivity index is 1.85. The molecule has 1 aliphatic rings. The Morgan fingerprint density at radius 3 is 2.75 bits per heavy atom. The van der Waals surface area contributed by atoms with Gasteiger partial charge in [-0.05, 0) is 37.1 Å². The first-order chi connectivity index (χ1) is 9.58. The topological polar surface area (TPSA) is 52.6 Å². The van der Waals surface area contributed by atoms with Crippen molar-refractivity contribution in [1.82, 2.24) is 0 Å². The molecule has 0 bridgehead atoms. The van der Waals surface area contributed by atoms with E-state index in [1.165, 1.54) is 24.3 Å². The van der Waals surface area contributed by atoms with Crippen LogP contribution in [0.4, 0.5) is 4.39 Å². The molecule has 1 aromatic carbocycles. The van der Waals surface area contributed by atoms with Gasteiger partial charge in [-0.15, -0.1) is 0 Å². The van der Waals surface area contributed by atoms with Gasteiger partial charge in [0.05, 0.1) is 18.9 Å². The molecule has 0 aromatic heterocycles. The van der Waals surface area contributed by atoms with Crippen molar-refractivity contribution in [3.63, 3.8) is 0 Å². The van der Waals surface area contributed by atoms with Gasteiger partial charge in [0, 0.05) is 5.92 Å². The van der Waals surface area contributed by atoms with E-state index in [1.807, 2.05) is 6.92 Å². The minimum Gasteiger partial charge on any atom is -0.465 e. The van der Waals surface area contributed by atoms with Crippen molar-refractivity contribution in [2.75, 3.05) is 6.61 Å². The molecule has 0 N–H and O–H groups in total. The Morgan fingerprint density at radius 1 is 1.40 bits per heavy atom. The Kier molecular flexibility index (Phi) is 4.71. The first-order valence-electron chi connectivity index (χ1n) is 6.71. The third kappa shape index (κ3) is 3.79. The zero-order valence-corrected chi connectivity index (χ0v) is 11.3. The number of ether oxygens (including phenoxy) is 2. The van der Waals surface area contributed by atoms with Crippen LogP contribution in [0, 0.1) is 17.7 Å². The summed E-state index contributed by atoms with van der Waals surface area (Å²) in [7, 11) is 0. The van der Waals surface area contributed by atoms with Crippen molar-refractivity contribution in [3.8, 4) is 5.75 Å². The number of cyclic esters (lactones) is 1. The summed E-state index contributed by atoms with van der Waals surface area (Å²) in [5.41, 5.74) is 0. The summed E-state index contributed by atoms with van der Waals surface area (Å²) in [5, 5.41) is 0. The normalized spacial score (nSPS) is 22.2. The molecular formula is C15H17FO4. The summed E-state index contributed by atoms with van der Waals surface area (Å²) >= 11 is 0. The van der Waals surface area contributed by atoms with Crippen LogP contribution in [-0.4, -0.2) is 18.5 Å². The molecule has 4 nitrogen and oxygen atoms in total. The highest BCUT2D eigenvalue weighted by Crippen LogP contribution is 2.26. The molecule has 0 radical (unpaired) electrons. The van der Waals surface area contributed by atoms with Crippen molar-refractivity contribution < 1.29 is 23.5 Å². The standard InChI is InChI=1S/C15H17FO4/c1-2-11-7-10(9-19-15(11)18)8-14(17)20-13-5-3-12(16)4-6-13/h3-6,10-11H,2,7-9H2,1H3/t10?,11-/m1/s1. The van der Waals surface area contributed by atoms with Gasteiger partial charge in [0.1, 0.15) is 11.6 Å². The van der Waals surface area contributed by atoms with E-state index in [0.717, 1.165) is 0 Å². The van der Waals surface area contributed by atoms with Crippen LogP contribution in [0.1, 0.15) is 26.2 Å². The van der Waals surface area contributed by atoms with Gasteiger partial charge in [-0.2, -0.15) is 0 Å². The van der Waals surface area contributed by atoms with Gasteiger partial charge in [0.25, 0.3) is 0 Å². The molecule has 1 saturated heterocycles. The summed E-state index contributed by atoms with van der Waals surface area (Å²) in [6.07, 6.45) is 1.55. The van der Waals surface area contributed by atoms with Crippen LogP contribution in [0.15, 0.2) is 24.3 Å². The fraction of sp³-hybridized carbons (Fsp3) is 0.467. The molecule has 0 spiro atoms. The van der Waals surface area contributed by atoms with E-state index >= 15 is 0 Å². The van der Waals surface area contributed by atoms with E-state index in [9.17, 15) is 14.0 Å². The molecule has 1 fully saturated rings. The van der Waals surface area contributed by atoms with Crippen LogP contribution in [-0.2, 0) is 14.3 Å². The predicted octanol–water partition coefficient (Wildman–Crippen LogP) is 2.71. The first-order valence-corrected chi connectivity index (χ1v) is 6.71. The lowest BCUT2D eigenvalue weighted by atomic mass is 9.89. The van der Waals surface area contributed by atoms with Crippen LogP contribution in [0.25, 0.3) is 0 Å². The van der Waals surface area contributed by atoms with Crippen molar-refractivity contribution in [2.45, 2.75) is 26.2 Å². The third-order valence-electron chi connectivity index (χ3n) is 3.41. The molecule has 1 aliphatic heterocycles. The zero-order valence-electron chi connectivity index (χ0n) is 11.3. The summed E-state index contributed by atoms with van der Waals surface area (Å²) < 4.78 is 22.9. The summed E-state index contributed by atoms with van der Waals surface area (Å²) in [4.78, 5) is 23.2. The number of hydrogen-bond acceptors (Lipinski definition) is 4. The maximum Gasteiger partial charge on any atom is 0.311 e. The second kappa shape index (κ2) is 6.50. The SMILES string of the molecule is CC[C@@H]1CC(CC(=O)Oc2ccc(F)cc2)COC1=O. The number of carbonyl (C=O) groups is 2. The number of halogens is 1. The molecule has 1 aromatic rings. The highest BCUT2D eigenvalue weighted by molar-refractivity contribution is 5.75. The highest BCUT2D eigenvalue weighted by Gasteiger charge is 2.30. The highest BCUT2D eigenvalue weighted by atomic mass is 19.1. The number of rotatable bonds is 4. The first kappa shape index (κ1) is 14.5. The van der Waals surface area contributed by atoms with Crippen LogP contribution >= 0.6 is 0 Å². The van der Waals surface area contributed by atoms with Crippen molar-refractivity contribution in [1.29, 1.82) is 0 Å². The van der Waals surface area contributed by atoms with E-state index in [2.05, 4.69) is 0 Å². The average molecular weight is 280 g/mol. The minimum atomic E-state index is -0.394. The van der Waals surface area contributed by atoms with Crippen LogP contribution in [0.5, 0.6) is 5.75 Å². The maximum atomic E-state index is 12.7. The quantitative estimate of drug-likeness (QED) is 0.628. The molecule has 5 heteroatoms. The molecule has 2 atom stereocenters. The number of esters is 2. The minimum absolute atomic E-state index is 0.00871. The van der Waals surface area contributed by atoms with Gasteiger partial charge in [-0.3, -0.25) is 9.59 Å². The molecular weight excluding hydrogens is 263 g/mol. The second-order valence-corrected chi connectivity index (χ2v) is 4.97. The molecule has 1 unspecified atom stereocenters. The van der Waals surface area contributed by atoms with Crippen LogP contribution in [0.2, 0.25) is 0 Å². The molecule has 1 heterocycles. The molecule has 20 heavy (non-hydrogen) atoms. The van der Waals surface area contributed by atoms with Crippen molar-refractivity contribution in [2.24, 2.45) is 11.8 Å². The Bertz CT molecular complexity index is 483. The van der Waals surface area contributed by atoms with E-state index in [-0.39, 0.29) is 36.7 Å².